The van der Waals surface area contributed by atoms with Crippen molar-refractivity contribution in [3.8, 4) is 22.1 Å². The molecule has 0 saturated heterocycles. The molecular weight excluding hydrogens is 476 g/mol. The Labute approximate surface area is 214 Å². The number of hydrogen-bond donors (Lipinski definition) is 3. The molecule has 3 N–H and O–H groups in total. The fourth-order valence-electron chi connectivity index (χ4n) is 4.32. The van der Waals surface area contributed by atoms with E-state index in [0.29, 0.717) is 28.2 Å². The summed E-state index contributed by atoms with van der Waals surface area (Å²) >= 11 is 1.40. The average Bonchev–Trinajstić information content (AvgIpc) is 3.32. The van der Waals surface area contributed by atoms with Gasteiger partial charge in [-0.15, -0.1) is 11.3 Å². The van der Waals surface area contributed by atoms with Crippen LogP contribution in [0.15, 0.2) is 29.2 Å². The van der Waals surface area contributed by atoms with Gasteiger partial charge < -0.3 is 24.7 Å². The van der Waals surface area contributed by atoms with Gasteiger partial charge in [0.15, 0.2) is 5.75 Å². The lowest BCUT2D eigenvalue weighted by atomic mass is 10.0. The zero-order valence-electron chi connectivity index (χ0n) is 21.9. The molecule has 0 radical (unpaired) electrons. The molecule has 4 aromatic rings. The van der Waals surface area contributed by atoms with Crippen LogP contribution in [0.3, 0.4) is 0 Å². The molecule has 0 spiro atoms. The normalized spacial score (nSPS) is 11.9. The number of thiophene rings is 1. The van der Waals surface area contributed by atoms with Gasteiger partial charge in [0.1, 0.15) is 11.2 Å². The zero-order chi connectivity index (χ0) is 26.5. The third kappa shape index (κ3) is 4.81. The molecule has 4 rings (SSSR count). The van der Waals surface area contributed by atoms with Crippen LogP contribution in [0, 0.1) is 20.8 Å². The maximum absolute atomic E-state index is 13.0. The molecule has 0 aliphatic carbocycles. The molecule has 8 nitrogen and oxygen atoms in total. The van der Waals surface area contributed by atoms with Gasteiger partial charge in [-0.1, -0.05) is 0 Å². The summed E-state index contributed by atoms with van der Waals surface area (Å²) in [6.45, 7) is 13.0. The van der Waals surface area contributed by atoms with E-state index in [1.54, 1.807) is 33.2 Å². The minimum Gasteiger partial charge on any atom is -0.437 e. The van der Waals surface area contributed by atoms with E-state index in [0.717, 1.165) is 32.1 Å². The maximum Gasteiger partial charge on any atom is 0.274 e. The Hall–Kier alpha value is -3.43. The number of aliphatic hydroxyl groups is 1. The van der Waals surface area contributed by atoms with Crippen molar-refractivity contribution in [2.45, 2.75) is 60.1 Å². The quantitative estimate of drug-likeness (QED) is 0.337. The first-order valence-corrected chi connectivity index (χ1v) is 12.6. The van der Waals surface area contributed by atoms with Gasteiger partial charge in [0.25, 0.3) is 11.5 Å². The topological polar surface area (TPSA) is 109 Å². The van der Waals surface area contributed by atoms with E-state index in [4.69, 9.17) is 4.74 Å². The van der Waals surface area contributed by atoms with Crippen LogP contribution < -0.4 is 15.6 Å². The number of hydrogen-bond acceptors (Lipinski definition) is 6. The molecular formula is C27H32N4O4S. The maximum atomic E-state index is 13.0. The summed E-state index contributed by atoms with van der Waals surface area (Å²) < 4.78 is 7.85. The van der Waals surface area contributed by atoms with E-state index in [1.807, 2.05) is 46.8 Å². The zero-order valence-corrected chi connectivity index (χ0v) is 22.7. The Balaban J connectivity index is 1.98. The fraction of sp³-hybridized carbons (Fsp3) is 0.370. The number of fused-ring (bicyclic) bond motifs is 1. The third-order valence-electron chi connectivity index (χ3n) is 5.80. The second-order valence-electron chi connectivity index (χ2n) is 10.1. The van der Waals surface area contributed by atoms with Gasteiger partial charge in [0.05, 0.1) is 10.5 Å². The number of H-pyrrole nitrogens is 1. The first kappa shape index (κ1) is 25.7. The van der Waals surface area contributed by atoms with Crippen molar-refractivity contribution < 1.29 is 14.6 Å². The highest BCUT2D eigenvalue weighted by atomic mass is 32.1. The predicted octanol–water partition coefficient (Wildman–Crippen LogP) is 5.07. The number of aromatic nitrogens is 3. The van der Waals surface area contributed by atoms with Crippen molar-refractivity contribution in [2.75, 3.05) is 0 Å². The lowest BCUT2D eigenvalue weighted by molar-refractivity contribution is 0.0817. The summed E-state index contributed by atoms with van der Waals surface area (Å²) in [6.07, 6.45) is 1.74. The van der Waals surface area contributed by atoms with Crippen molar-refractivity contribution in [1.29, 1.82) is 0 Å². The molecule has 4 heterocycles. The summed E-state index contributed by atoms with van der Waals surface area (Å²) in [7, 11) is 1.67. The van der Waals surface area contributed by atoms with Crippen LogP contribution in [-0.2, 0) is 12.6 Å². The monoisotopic (exact) mass is 508 g/mol. The highest BCUT2D eigenvalue weighted by Gasteiger charge is 2.29. The molecule has 0 unspecified atom stereocenters. The standard InChI is InChI=1S/C27H32N4O4S/c1-13(2)28-25(32)19-11-17-18(12-31(8)26(33)21(17)30-19)23-22(16(5)24(36-23)27(6,7)34)35-20-10-14(3)9-15(4)29-20/h9-13,30,34H,1-8H3,(H,28,32). The molecule has 4 aromatic heterocycles. The van der Waals surface area contributed by atoms with Crippen LogP contribution in [0.4, 0.5) is 0 Å². The minimum atomic E-state index is -1.11. The second kappa shape index (κ2) is 9.22. The average molecular weight is 509 g/mol. The van der Waals surface area contributed by atoms with Crippen molar-refractivity contribution >= 4 is 28.1 Å². The molecule has 0 atom stereocenters. The molecule has 0 bridgehead atoms. The lowest BCUT2D eigenvalue weighted by Gasteiger charge is -2.16. The van der Waals surface area contributed by atoms with Gasteiger partial charge >= 0.3 is 0 Å². The van der Waals surface area contributed by atoms with E-state index < -0.39 is 5.60 Å². The van der Waals surface area contributed by atoms with E-state index in [9.17, 15) is 14.7 Å². The number of rotatable bonds is 6. The molecule has 0 aliphatic rings. The Bertz CT molecular complexity index is 1520. The van der Waals surface area contributed by atoms with Crippen LogP contribution in [0.2, 0.25) is 0 Å². The molecule has 36 heavy (non-hydrogen) atoms. The molecule has 190 valence electrons. The predicted molar refractivity (Wildman–Crippen MR) is 143 cm³/mol. The fourth-order valence-corrected chi connectivity index (χ4v) is 5.58. The second-order valence-corrected chi connectivity index (χ2v) is 11.1. The largest absolute Gasteiger partial charge is 0.437 e. The number of nitrogens with zero attached hydrogens (tertiary/aromatic N) is 2. The molecule has 0 aliphatic heterocycles. The Morgan fingerprint density at radius 3 is 2.53 bits per heavy atom. The smallest absolute Gasteiger partial charge is 0.274 e. The highest BCUT2D eigenvalue weighted by molar-refractivity contribution is 7.16. The Kier molecular flexibility index (Phi) is 6.57. The third-order valence-corrected chi connectivity index (χ3v) is 7.42. The van der Waals surface area contributed by atoms with Gasteiger partial charge in [-0.2, -0.15) is 0 Å². The van der Waals surface area contributed by atoms with Crippen molar-refractivity contribution in [3.63, 3.8) is 0 Å². The number of amides is 1. The molecule has 1 amide bonds. The van der Waals surface area contributed by atoms with Crippen molar-refractivity contribution in [2.24, 2.45) is 7.05 Å². The number of carbonyl (C=O) groups is 1. The number of carbonyl (C=O) groups excluding carboxylic acids is 1. The SMILES string of the molecule is Cc1cc(C)nc(Oc2c(-c3cn(C)c(=O)c4[nH]c(C(=O)NC(C)C)cc34)sc(C(C)(C)O)c2C)c1. The summed E-state index contributed by atoms with van der Waals surface area (Å²) in [6, 6.07) is 5.47. The summed E-state index contributed by atoms with van der Waals surface area (Å²) in [4.78, 5) is 34.7. The van der Waals surface area contributed by atoms with Crippen molar-refractivity contribution in [1.82, 2.24) is 19.9 Å². The van der Waals surface area contributed by atoms with E-state index >= 15 is 0 Å². The first-order valence-electron chi connectivity index (χ1n) is 11.8. The highest BCUT2D eigenvalue weighted by Crippen LogP contribution is 2.48. The number of aromatic amines is 1. The Morgan fingerprint density at radius 1 is 1.22 bits per heavy atom. The summed E-state index contributed by atoms with van der Waals surface area (Å²) in [5, 5.41) is 14.4. The Morgan fingerprint density at radius 2 is 1.92 bits per heavy atom. The van der Waals surface area contributed by atoms with Gasteiger partial charge in [0, 0.05) is 52.4 Å². The van der Waals surface area contributed by atoms with Crippen LogP contribution in [0.1, 0.15) is 59.9 Å². The molecule has 0 fully saturated rings. The summed E-state index contributed by atoms with van der Waals surface area (Å²) in [5.74, 6) is 0.720. The van der Waals surface area contributed by atoms with E-state index in [1.165, 1.54) is 15.9 Å². The number of nitrogens with one attached hydrogen (secondary N) is 2. The van der Waals surface area contributed by atoms with Gasteiger partial charge in [-0.25, -0.2) is 4.98 Å². The van der Waals surface area contributed by atoms with Crippen molar-refractivity contribution in [3.05, 3.63) is 62.1 Å². The first-order chi connectivity index (χ1) is 16.8. The van der Waals surface area contributed by atoms with Crippen LogP contribution in [0.25, 0.3) is 21.3 Å². The van der Waals surface area contributed by atoms with E-state index in [2.05, 4.69) is 15.3 Å². The minimum absolute atomic E-state index is 0.0502. The lowest BCUT2D eigenvalue weighted by Crippen LogP contribution is -2.30. The van der Waals surface area contributed by atoms with Crippen LogP contribution in [-0.4, -0.2) is 31.6 Å². The molecule has 9 heteroatoms. The number of pyridine rings is 2. The molecule has 0 aromatic carbocycles. The van der Waals surface area contributed by atoms with Crippen LogP contribution in [0.5, 0.6) is 11.6 Å². The van der Waals surface area contributed by atoms with Crippen LogP contribution >= 0.6 is 11.3 Å². The van der Waals surface area contributed by atoms with Gasteiger partial charge in [-0.3, -0.25) is 9.59 Å². The number of aryl methyl sites for hydroxylation is 3. The molecule has 0 saturated carbocycles. The van der Waals surface area contributed by atoms with E-state index in [-0.39, 0.29) is 17.5 Å². The summed E-state index contributed by atoms with van der Waals surface area (Å²) in [5.41, 5.74) is 2.64. The number of ether oxygens (including phenoxy) is 1. The van der Waals surface area contributed by atoms with Gasteiger partial charge in [-0.05, 0) is 66.2 Å². The van der Waals surface area contributed by atoms with Gasteiger partial charge in [0.2, 0.25) is 5.88 Å².